The van der Waals surface area contributed by atoms with Gasteiger partial charge in [-0.25, -0.2) is 0 Å². The molecule has 0 saturated carbocycles. The van der Waals surface area contributed by atoms with Crippen LogP contribution in [0.25, 0.3) is 0 Å². The van der Waals surface area contributed by atoms with Gasteiger partial charge >= 0.3 is 0 Å². The van der Waals surface area contributed by atoms with E-state index >= 15 is 0 Å². The number of hydrazine groups is 1. The average molecular weight is 364 g/mol. The van der Waals surface area contributed by atoms with E-state index in [-0.39, 0.29) is 17.6 Å². The zero-order valence-electron chi connectivity index (χ0n) is 13.4. The molecule has 0 aliphatic carbocycles. The molecule has 0 bridgehead atoms. The molecular weight excluding hydrogens is 346 g/mol. The highest BCUT2D eigenvalue weighted by Gasteiger charge is 2.09. The quantitative estimate of drug-likeness (QED) is 0.633. The number of halogens is 1. The lowest BCUT2D eigenvalue weighted by molar-refractivity contribution is -0.119. The molecular formula is C17H18ClN3O2S. The number of anilines is 1. The lowest BCUT2D eigenvalue weighted by Gasteiger charge is -2.13. The van der Waals surface area contributed by atoms with Crippen molar-refractivity contribution in [3.8, 4) is 0 Å². The van der Waals surface area contributed by atoms with Crippen LogP contribution in [0.2, 0.25) is 5.02 Å². The van der Waals surface area contributed by atoms with Crippen LogP contribution >= 0.6 is 23.4 Å². The zero-order chi connectivity index (χ0) is 17.5. The van der Waals surface area contributed by atoms with E-state index in [0.717, 1.165) is 10.6 Å². The van der Waals surface area contributed by atoms with E-state index in [4.69, 9.17) is 11.6 Å². The molecule has 126 valence electrons. The maximum atomic E-state index is 12.1. The van der Waals surface area contributed by atoms with Crippen molar-refractivity contribution in [3.63, 3.8) is 0 Å². The molecule has 0 aliphatic heterocycles. The summed E-state index contributed by atoms with van der Waals surface area (Å²) in [5.41, 5.74) is 6.22. The molecule has 0 atom stereocenters. The highest BCUT2D eigenvalue weighted by molar-refractivity contribution is 8.00. The van der Waals surface area contributed by atoms with Gasteiger partial charge in [0.15, 0.2) is 0 Å². The van der Waals surface area contributed by atoms with Crippen LogP contribution < -0.4 is 15.8 Å². The molecule has 24 heavy (non-hydrogen) atoms. The molecule has 0 aromatic heterocycles. The fourth-order valence-corrected chi connectivity index (χ4v) is 2.66. The van der Waals surface area contributed by atoms with Crippen LogP contribution in [0.3, 0.4) is 0 Å². The summed E-state index contributed by atoms with van der Waals surface area (Å²) in [7, 11) is 3.79. The van der Waals surface area contributed by atoms with Crippen molar-refractivity contribution in [2.45, 2.75) is 4.90 Å². The van der Waals surface area contributed by atoms with Crippen LogP contribution in [0.4, 0.5) is 5.69 Å². The van der Waals surface area contributed by atoms with Gasteiger partial charge in [0.1, 0.15) is 0 Å². The maximum absolute atomic E-state index is 12.1. The van der Waals surface area contributed by atoms with Crippen LogP contribution in [-0.2, 0) is 4.79 Å². The predicted octanol–water partition coefficient (Wildman–Crippen LogP) is 2.96. The first-order chi connectivity index (χ1) is 11.5. The molecule has 0 radical (unpaired) electrons. The molecule has 0 saturated heterocycles. The molecule has 0 fully saturated rings. The second-order valence-corrected chi connectivity index (χ2v) is 6.67. The van der Waals surface area contributed by atoms with Crippen LogP contribution in [0.5, 0.6) is 0 Å². The number of nitrogens with zero attached hydrogens (tertiary/aromatic N) is 1. The van der Waals surface area contributed by atoms with Gasteiger partial charge in [-0.2, -0.15) is 0 Å². The topological polar surface area (TPSA) is 61.4 Å². The number of thioether (sulfide) groups is 1. The van der Waals surface area contributed by atoms with Gasteiger partial charge < -0.3 is 4.90 Å². The van der Waals surface area contributed by atoms with Gasteiger partial charge in [-0.05, 0) is 42.5 Å². The van der Waals surface area contributed by atoms with Crippen LogP contribution in [0, 0.1) is 0 Å². The largest absolute Gasteiger partial charge is 0.378 e. The Bertz CT molecular complexity index is 720. The first-order valence-electron chi connectivity index (χ1n) is 7.20. The number of carbonyl (C=O) groups excluding carboxylic acids is 2. The SMILES string of the molecule is CN(C)c1cccc(C(=O)NNC(=O)CSc2ccc(Cl)cc2)c1. The lowest BCUT2D eigenvalue weighted by Crippen LogP contribution is -2.42. The van der Waals surface area contributed by atoms with Crippen LogP contribution in [0.1, 0.15) is 10.4 Å². The standard InChI is InChI=1S/C17H18ClN3O2S/c1-21(2)14-5-3-4-12(10-14)17(23)20-19-16(22)11-24-15-8-6-13(18)7-9-15/h3-10H,11H2,1-2H3,(H,19,22)(H,20,23). The fraction of sp³-hybridized carbons (Fsp3) is 0.176. The Hall–Kier alpha value is -2.18. The molecule has 0 aliphatic rings. The molecule has 0 spiro atoms. The number of nitrogens with one attached hydrogen (secondary N) is 2. The van der Waals surface area contributed by atoms with Crippen molar-refractivity contribution in [3.05, 3.63) is 59.1 Å². The van der Waals surface area contributed by atoms with Crippen molar-refractivity contribution in [2.75, 3.05) is 24.7 Å². The molecule has 5 nitrogen and oxygen atoms in total. The van der Waals surface area contributed by atoms with Gasteiger partial charge in [0.25, 0.3) is 5.91 Å². The van der Waals surface area contributed by atoms with E-state index in [9.17, 15) is 9.59 Å². The molecule has 7 heteroatoms. The number of carbonyl (C=O) groups is 2. The van der Waals surface area contributed by atoms with Gasteiger partial charge in [-0.15, -0.1) is 11.8 Å². The van der Waals surface area contributed by atoms with E-state index in [1.165, 1.54) is 11.8 Å². The Morgan fingerprint density at radius 1 is 1.08 bits per heavy atom. The van der Waals surface area contributed by atoms with Crippen molar-refractivity contribution < 1.29 is 9.59 Å². The van der Waals surface area contributed by atoms with Crippen molar-refractivity contribution in [2.24, 2.45) is 0 Å². The van der Waals surface area contributed by atoms with Crippen LogP contribution in [-0.4, -0.2) is 31.7 Å². The monoisotopic (exact) mass is 363 g/mol. The normalized spacial score (nSPS) is 10.1. The number of amides is 2. The minimum atomic E-state index is -0.358. The number of rotatable bonds is 5. The molecule has 0 heterocycles. The van der Waals surface area contributed by atoms with Crippen molar-refractivity contribution >= 4 is 40.9 Å². The van der Waals surface area contributed by atoms with E-state index in [1.54, 1.807) is 30.3 Å². The zero-order valence-corrected chi connectivity index (χ0v) is 14.9. The highest BCUT2D eigenvalue weighted by atomic mass is 35.5. The molecule has 2 aromatic rings. The molecule has 0 unspecified atom stereocenters. The first kappa shape index (κ1) is 18.2. The molecule has 2 N–H and O–H groups in total. The number of benzene rings is 2. The Morgan fingerprint density at radius 3 is 2.46 bits per heavy atom. The van der Waals surface area contributed by atoms with E-state index in [1.807, 2.05) is 37.2 Å². The third-order valence-corrected chi connectivity index (χ3v) is 4.39. The average Bonchev–Trinajstić information content (AvgIpc) is 2.59. The van der Waals surface area contributed by atoms with Gasteiger partial charge in [0.05, 0.1) is 5.75 Å². The predicted molar refractivity (Wildman–Crippen MR) is 98.6 cm³/mol. The van der Waals surface area contributed by atoms with Gasteiger partial charge in [-0.1, -0.05) is 17.7 Å². The summed E-state index contributed by atoms with van der Waals surface area (Å²) in [6, 6.07) is 14.3. The Labute approximate surface area is 150 Å². The van der Waals surface area contributed by atoms with E-state index in [0.29, 0.717) is 10.6 Å². The summed E-state index contributed by atoms with van der Waals surface area (Å²) in [4.78, 5) is 26.7. The summed E-state index contributed by atoms with van der Waals surface area (Å²) in [6.07, 6.45) is 0. The lowest BCUT2D eigenvalue weighted by atomic mass is 10.2. The third-order valence-electron chi connectivity index (χ3n) is 3.12. The highest BCUT2D eigenvalue weighted by Crippen LogP contribution is 2.19. The molecule has 2 amide bonds. The van der Waals surface area contributed by atoms with E-state index in [2.05, 4.69) is 10.9 Å². The summed E-state index contributed by atoms with van der Waals surface area (Å²) < 4.78 is 0. The summed E-state index contributed by atoms with van der Waals surface area (Å²) in [5.74, 6) is -0.449. The minimum absolute atomic E-state index is 0.194. The van der Waals surface area contributed by atoms with Crippen molar-refractivity contribution in [1.29, 1.82) is 0 Å². The second kappa shape index (κ2) is 8.61. The third kappa shape index (κ3) is 5.47. The van der Waals surface area contributed by atoms with E-state index < -0.39 is 0 Å². The summed E-state index contributed by atoms with van der Waals surface area (Å²) in [5, 5.41) is 0.649. The minimum Gasteiger partial charge on any atom is -0.378 e. The first-order valence-corrected chi connectivity index (χ1v) is 8.57. The van der Waals surface area contributed by atoms with Gasteiger partial charge in [0, 0.05) is 35.3 Å². The number of hydrogen-bond donors (Lipinski definition) is 2. The summed E-state index contributed by atoms with van der Waals surface area (Å²) >= 11 is 7.17. The smallest absolute Gasteiger partial charge is 0.269 e. The Kier molecular flexibility index (Phi) is 6.52. The molecule has 2 aromatic carbocycles. The van der Waals surface area contributed by atoms with Gasteiger partial charge in [0.2, 0.25) is 5.91 Å². The number of hydrogen-bond acceptors (Lipinski definition) is 4. The maximum Gasteiger partial charge on any atom is 0.269 e. The Balaban J connectivity index is 1.81. The summed E-state index contributed by atoms with van der Waals surface area (Å²) in [6.45, 7) is 0. The van der Waals surface area contributed by atoms with Crippen molar-refractivity contribution in [1.82, 2.24) is 10.9 Å². The molecule has 2 rings (SSSR count). The fourth-order valence-electron chi connectivity index (χ4n) is 1.84. The van der Waals surface area contributed by atoms with Crippen LogP contribution in [0.15, 0.2) is 53.4 Å². The van der Waals surface area contributed by atoms with Gasteiger partial charge in [-0.3, -0.25) is 20.4 Å². The Morgan fingerprint density at radius 2 is 1.79 bits per heavy atom. The second-order valence-electron chi connectivity index (χ2n) is 5.19.